The largest absolute Gasteiger partial charge is 0.478 e. The first-order valence-electron chi connectivity index (χ1n) is 8.78. The van der Waals surface area contributed by atoms with Crippen LogP contribution in [0.25, 0.3) is 0 Å². The van der Waals surface area contributed by atoms with Gasteiger partial charge in [-0.05, 0) is 74.5 Å². The predicted molar refractivity (Wildman–Crippen MR) is 91.7 cm³/mol. The average molecular weight is 304 g/mol. The lowest BCUT2D eigenvalue weighted by atomic mass is 9.46. The van der Waals surface area contributed by atoms with E-state index in [1.54, 1.807) is 0 Å². The summed E-state index contributed by atoms with van der Waals surface area (Å²) in [6, 6.07) is 0. The molecule has 0 bridgehead atoms. The average Bonchev–Trinajstić information content (AvgIpc) is 2.43. The molecule has 2 fully saturated rings. The second-order valence-electron chi connectivity index (χ2n) is 8.24. The summed E-state index contributed by atoms with van der Waals surface area (Å²) >= 11 is 0. The molecule has 2 nitrogen and oxygen atoms in total. The van der Waals surface area contributed by atoms with E-state index in [9.17, 15) is 4.79 Å². The molecule has 2 aliphatic rings. The molecule has 0 aromatic rings. The molecule has 2 aliphatic carbocycles. The second-order valence-corrected chi connectivity index (χ2v) is 8.24. The van der Waals surface area contributed by atoms with Crippen molar-refractivity contribution >= 4 is 5.97 Å². The minimum atomic E-state index is -0.824. The molecule has 0 spiro atoms. The lowest BCUT2D eigenvalue weighted by Gasteiger charge is -2.59. The summed E-state index contributed by atoms with van der Waals surface area (Å²) in [5.74, 6) is 0.576. The van der Waals surface area contributed by atoms with Crippen molar-refractivity contribution in [2.24, 2.45) is 22.7 Å². The van der Waals surface area contributed by atoms with Crippen molar-refractivity contribution in [2.75, 3.05) is 0 Å². The Kier molecular flexibility index (Phi) is 4.89. The van der Waals surface area contributed by atoms with E-state index in [-0.39, 0.29) is 0 Å². The van der Waals surface area contributed by atoms with Crippen molar-refractivity contribution in [3.05, 3.63) is 23.8 Å². The Balaban J connectivity index is 2.21. The van der Waals surface area contributed by atoms with Crippen molar-refractivity contribution in [3.63, 3.8) is 0 Å². The molecule has 0 unspecified atom stereocenters. The smallest absolute Gasteiger partial charge is 0.328 e. The van der Waals surface area contributed by atoms with Crippen molar-refractivity contribution < 1.29 is 9.90 Å². The molecule has 0 amide bonds. The van der Waals surface area contributed by atoms with Crippen molar-refractivity contribution in [2.45, 2.75) is 72.6 Å². The summed E-state index contributed by atoms with van der Waals surface area (Å²) in [4.78, 5) is 10.8. The van der Waals surface area contributed by atoms with Crippen LogP contribution in [0.1, 0.15) is 72.6 Å². The van der Waals surface area contributed by atoms with Gasteiger partial charge in [0, 0.05) is 6.08 Å². The molecule has 4 atom stereocenters. The van der Waals surface area contributed by atoms with E-state index >= 15 is 0 Å². The van der Waals surface area contributed by atoms with E-state index in [4.69, 9.17) is 5.11 Å². The number of carboxylic acid groups (broad SMARTS) is 1. The van der Waals surface area contributed by atoms with Crippen LogP contribution in [0, 0.1) is 22.7 Å². The number of carboxylic acids is 1. The first-order valence-corrected chi connectivity index (χ1v) is 8.78. The van der Waals surface area contributed by atoms with Gasteiger partial charge in [0.15, 0.2) is 0 Å². The fourth-order valence-electron chi connectivity index (χ4n) is 5.14. The highest BCUT2D eigenvalue weighted by Crippen LogP contribution is 2.62. The molecular formula is C20H32O2. The lowest BCUT2D eigenvalue weighted by Crippen LogP contribution is -2.50. The number of rotatable bonds is 4. The Labute approximate surface area is 135 Å². The molecule has 0 heterocycles. The third-order valence-electron chi connectivity index (χ3n) is 6.99. The summed E-state index contributed by atoms with van der Waals surface area (Å²) < 4.78 is 0. The highest BCUT2D eigenvalue weighted by atomic mass is 16.4. The maximum atomic E-state index is 10.8. The standard InChI is InChI=1S/C20H32O2/c1-14(13-18(21)22)9-11-19(4)16(3)10-12-20(5)15(2)7-6-8-17(19)20/h13,16-17H,2,6-12H2,1,3-5H3,(H,21,22)/b14-13+/t16-,17-,19+,20+/m0/s1. The Morgan fingerprint density at radius 1 is 1.41 bits per heavy atom. The van der Waals surface area contributed by atoms with Gasteiger partial charge in [0.1, 0.15) is 0 Å². The Bertz CT molecular complexity index is 490. The monoisotopic (exact) mass is 304 g/mol. The molecular weight excluding hydrogens is 272 g/mol. The quantitative estimate of drug-likeness (QED) is 0.542. The van der Waals surface area contributed by atoms with Crippen LogP contribution in [-0.4, -0.2) is 11.1 Å². The number of aliphatic carboxylic acids is 1. The van der Waals surface area contributed by atoms with Gasteiger partial charge in [0.05, 0.1) is 0 Å². The minimum Gasteiger partial charge on any atom is -0.478 e. The normalized spacial score (nSPS) is 39.5. The van der Waals surface area contributed by atoms with Crippen molar-refractivity contribution in [3.8, 4) is 0 Å². The fraction of sp³-hybridized carbons (Fsp3) is 0.750. The Morgan fingerprint density at radius 2 is 2.09 bits per heavy atom. The summed E-state index contributed by atoms with van der Waals surface area (Å²) in [6.45, 7) is 13.6. The lowest BCUT2D eigenvalue weighted by molar-refractivity contribution is -0.131. The molecule has 124 valence electrons. The van der Waals surface area contributed by atoms with Crippen LogP contribution in [0.4, 0.5) is 0 Å². The zero-order chi connectivity index (χ0) is 16.5. The van der Waals surface area contributed by atoms with Crippen LogP contribution in [0.2, 0.25) is 0 Å². The number of hydrogen-bond donors (Lipinski definition) is 1. The van der Waals surface area contributed by atoms with Gasteiger partial charge in [-0.25, -0.2) is 4.79 Å². The van der Waals surface area contributed by atoms with Crippen LogP contribution in [-0.2, 0) is 4.79 Å². The fourth-order valence-corrected chi connectivity index (χ4v) is 5.14. The number of fused-ring (bicyclic) bond motifs is 1. The van der Waals surface area contributed by atoms with E-state index in [1.165, 1.54) is 43.8 Å². The first kappa shape index (κ1) is 17.3. The van der Waals surface area contributed by atoms with Gasteiger partial charge in [0.2, 0.25) is 0 Å². The number of hydrogen-bond acceptors (Lipinski definition) is 1. The van der Waals surface area contributed by atoms with Crippen LogP contribution >= 0.6 is 0 Å². The first-order chi connectivity index (χ1) is 10.2. The Morgan fingerprint density at radius 3 is 2.73 bits per heavy atom. The SMILES string of the molecule is C=C1CCC[C@H]2[C@](C)(CC/C(C)=C/C(=O)O)[C@@H](C)CC[C@]12C. The molecule has 0 saturated heterocycles. The highest BCUT2D eigenvalue weighted by Gasteiger charge is 2.53. The van der Waals surface area contributed by atoms with Crippen molar-refractivity contribution in [1.82, 2.24) is 0 Å². The molecule has 0 radical (unpaired) electrons. The van der Waals surface area contributed by atoms with Gasteiger partial charge in [-0.15, -0.1) is 0 Å². The third-order valence-corrected chi connectivity index (χ3v) is 6.99. The van der Waals surface area contributed by atoms with Gasteiger partial charge in [-0.1, -0.05) is 38.5 Å². The second kappa shape index (κ2) is 6.22. The molecule has 2 rings (SSSR count). The molecule has 2 saturated carbocycles. The van der Waals surface area contributed by atoms with Gasteiger partial charge in [-0.3, -0.25) is 0 Å². The predicted octanol–water partition coefficient (Wildman–Crippen LogP) is 5.60. The number of allylic oxidation sites excluding steroid dienone is 2. The van der Waals surface area contributed by atoms with Gasteiger partial charge in [0.25, 0.3) is 0 Å². The van der Waals surface area contributed by atoms with E-state index in [2.05, 4.69) is 27.4 Å². The van der Waals surface area contributed by atoms with Crippen LogP contribution in [0.3, 0.4) is 0 Å². The third kappa shape index (κ3) is 3.02. The summed E-state index contributed by atoms with van der Waals surface area (Å²) in [7, 11) is 0. The summed E-state index contributed by atoms with van der Waals surface area (Å²) in [5, 5.41) is 8.91. The van der Waals surface area contributed by atoms with E-state index in [1.807, 2.05) is 6.92 Å². The molecule has 1 N–H and O–H groups in total. The molecule has 0 aromatic carbocycles. The molecule has 2 heteroatoms. The molecule has 22 heavy (non-hydrogen) atoms. The maximum Gasteiger partial charge on any atom is 0.328 e. The highest BCUT2D eigenvalue weighted by molar-refractivity contribution is 5.80. The molecule has 0 aromatic heterocycles. The van der Waals surface area contributed by atoms with E-state index in [0.717, 1.165) is 18.4 Å². The van der Waals surface area contributed by atoms with Gasteiger partial charge < -0.3 is 5.11 Å². The summed E-state index contributed by atoms with van der Waals surface area (Å²) in [6.07, 6.45) is 9.67. The topological polar surface area (TPSA) is 37.3 Å². The maximum absolute atomic E-state index is 10.8. The van der Waals surface area contributed by atoms with Gasteiger partial charge >= 0.3 is 5.97 Å². The van der Waals surface area contributed by atoms with Crippen LogP contribution in [0.15, 0.2) is 23.8 Å². The van der Waals surface area contributed by atoms with Gasteiger partial charge in [-0.2, -0.15) is 0 Å². The zero-order valence-electron chi connectivity index (χ0n) is 14.7. The van der Waals surface area contributed by atoms with E-state index < -0.39 is 5.97 Å². The van der Waals surface area contributed by atoms with Crippen molar-refractivity contribution in [1.29, 1.82) is 0 Å². The zero-order valence-corrected chi connectivity index (χ0v) is 14.7. The Hall–Kier alpha value is -1.05. The summed E-state index contributed by atoms with van der Waals surface area (Å²) in [5.41, 5.74) is 3.04. The molecule has 0 aliphatic heterocycles. The van der Waals surface area contributed by atoms with E-state index in [0.29, 0.717) is 22.7 Å². The van der Waals surface area contributed by atoms with Crippen LogP contribution in [0.5, 0.6) is 0 Å². The number of carbonyl (C=O) groups is 1. The van der Waals surface area contributed by atoms with Crippen LogP contribution < -0.4 is 0 Å². The minimum absolute atomic E-state index is 0.296.